The molecule has 1 heterocycles. The number of aromatic nitrogens is 2. The molecule has 0 N–H and O–H groups in total. The largest absolute Gasteiger partial charge is 0.459 e. The van der Waals surface area contributed by atoms with Gasteiger partial charge >= 0.3 is 5.97 Å². The lowest BCUT2D eigenvalue weighted by Gasteiger charge is -2.14. The lowest BCUT2D eigenvalue weighted by atomic mass is 10.3. The molecule has 142 valence electrons. The van der Waals surface area contributed by atoms with Crippen LogP contribution < -0.4 is 5.01 Å². The van der Waals surface area contributed by atoms with Gasteiger partial charge in [-0.15, -0.1) is 0 Å². The van der Waals surface area contributed by atoms with Crippen LogP contribution in [0.3, 0.4) is 0 Å². The first-order valence-corrected chi connectivity index (χ1v) is 8.72. The van der Waals surface area contributed by atoms with Crippen molar-refractivity contribution in [1.82, 2.24) is 9.78 Å². The SMILES string of the molecule is CC(=O)OCc1cc(/C=N\N(C(C)=O)c2ccccc2)nn1-c1ccccc1. The lowest BCUT2D eigenvalue weighted by molar-refractivity contribution is -0.142. The molecule has 0 fully saturated rings. The maximum atomic E-state index is 12.0. The molecule has 0 saturated carbocycles. The number of amides is 1. The molecule has 1 aromatic heterocycles. The Balaban J connectivity index is 1.92. The minimum Gasteiger partial charge on any atom is -0.459 e. The highest BCUT2D eigenvalue weighted by molar-refractivity contribution is 5.93. The average Bonchev–Trinajstić information content (AvgIpc) is 3.11. The first-order chi connectivity index (χ1) is 13.5. The van der Waals surface area contributed by atoms with Gasteiger partial charge in [0.05, 0.1) is 23.3 Å². The first kappa shape index (κ1) is 19.0. The van der Waals surface area contributed by atoms with Crippen molar-refractivity contribution in [2.24, 2.45) is 5.10 Å². The Morgan fingerprint density at radius 2 is 1.71 bits per heavy atom. The van der Waals surface area contributed by atoms with E-state index in [1.54, 1.807) is 22.9 Å². The molecule has 7 heteroatoms. The van der Waals surface area contributed by atoms with Crippen molar-refractivity contribution in [3.05, 3.63) is 78.1 Å². The van der Waals surface area contributed by atoms with Crippen LogP contribution in [0.5, 0.6) is 0 Å². The van der Waals surface area contributed by atoms with Crippen LogP contribution in [0.15, 0.2) is 71.8 Å². The molecule has 0 aliphatic rings. The minimum absolute atomic E-state index is 0.0835. The fourth-order valence-corrected chi connectivity index (χ4v) is 2.59. The van der Waals surface area contributed by atoms with E-state index >= 15 is 0 Å². The van der Waals surface area contributed by atoms with Gasteiger partial charge in [-0.1, -0.05) is 36.4 Å². The molecule has 7 nitrogen and oxygen atoms in total. The van der Waals surface area contributed by atoms with E-state index in [0.717, 1.165) is 5.69 Å². The number of hydrogen-bond acceptors (Lipinski definition) is 5. The second-order valence-corrected chi connectivity index (χ2v) is 6.00. The lowest BCUT2D eigenvalue weighted by Crippen LogP contribution is -2.22. The zero-order valence-corrected chi connectivity index (χ0v) is 15.6. The zero-order valence-electron chi connectivity index (χ0n) is 15.6. The number of nitrogens with zero attached hydrogens (tertiary/aromatic N) is 4. The monoisotopic (exact) mass is 376 g/mol. The van der Waals surface area contributed by atoms with Gasteiger partial charge in [-0.25, -0.2) is 9.69 Å². The second-order valence-electron chi connectivity index (χ2n) is 6.00. The number of hydrogen-bond donors (Lipinski definition) is 0. The maximum absolute atomic E-state index is 12.0. The van der Waals surface area contributed by atoms with Gasteiger partial charge in [-0.05, 0) is 30.3 Å². The van der Waals surface area contributed by atoms with E-state index in [9.17, 15) is 9.59 Å². The molecule has 0 saturated heterocycles. The van der Waals surface area contributed by atoms with Crippen LogP contribution in [0.4, 0.5) is 5.69 Å². The van der Waals surface area contributed by atoms with E-state index in [2.05, 4.69) is 10.2 Å². The van der Waals surface area contributed by atoms with E-state index in [1.165, 1.54) is 25.1 Å². The number of rotatable bonds is 6. The summed E-state index contributed by atoms with van der Waals surface area (Å²) in [5, 5.41) is 10.1. The second kappa shape index (κ2) is 8.77. The van der Waals surface area contributed by atoms with Gasteiger partial charge in [0.15, 0.2) is 0 Å². The molecule has 0 aliphatic carbocycles. The highest BCUT2D eigenvalue weighted by Crippen LogP contribution is 2.16. The Morgan fingerprint density at radius 1 is 1.07 bits per heavy atom. The number of ether oxygens (including phenoxy) is 1. The third kappa shape index (κ3) is 4.70. The summed E-state index contributed by atoms with van der Waals surface area (Å²) >= 11 is 0. The summed E-state index contributed by atoms with van der Waals surface area (Å²) < 4.78 is 6.81. The van der Waals surface area contributed by atoms with Crippen molar-refractivity contribution in [3.63, 3.8) is 0 Å². The van der Waals surface area contributed by atoms with Crippen LogP contribution in [0, 0.1) is 0 Å². The first-order valence-electron chi connectivity index (χ1n) is 8.72. The summed E-state index contributed by atoms with van der Waals surface area (Å²) in [6.45, 7) is 2.88. The van der Waals surface area contributed by atoms with Gasteiger partial charge in [-0.3, -0.25) is 9.59 Å². The molecular weight excluding hydrogens is 356 g/mol. The Kier molecular flexibility index (Phi) is 5.96. The average molecular weight is 376 g/mol. The number of anilines is 1. The third-order valence-corrected chi connectivity index (χ3v) is 3.83. The van der Waals surface area contributed by atoms with Crippen molar-refractivity contribution in [1.29, 1.82) is 0 Å². The van der Waals surface area contributed by atoms with E-state index in [1.807, 2.05) is 48.5 Å². The summed E-state index contributed by atoms with van der Waals surface area (Å²) in [5.74, 6) is -0.590. The topological polar surface area (TPSA) is 76.8 Å². The number of carbonyl (C=O) groups excluding carboxylic acids is 2. The molecule has 3 rings (SSSR count). The Bertz CT molecular complexity index is 981. The van der Waals surface area contributed by atoms with E-state index in [0.29, 0.717) is 17.1 Å². The summed E-state index contributed by atoms with van der Waals surface area (Å²) in [6.07, 6.45) is 1.51. The highest BCUT2D eigenvalue weighted by Gasteiger charge is 2.12. The molecule has 0 spiro atoms. The van der Waals surface area contributed by atoms with E-state index in [4.69, 9.17) is 4.74 Å². The van der Waals surface area contributed by atoms with Gasteiger partial charge in [0.25, 0.3) is 0 Å². The summed E-state index contributed by atoms with van der Waals surface area (Å²) in [7, 11) is 0. The smallest absolute Gasteiger partial charge is 0.303 e. The summed E-state index contributed by atoms with van der Waals surface area (Å²) in [5.41, 5.74) is 2.72. The standard InChI is InChI=1S/C21H20N4O3/c1-16(26)24(19-9-5-3-6-10-19)22-14-18-13-21(15-28-17(2)27)25(23-18)20-11-7-4-8-12-20/h3-14H,15H2,1-2H3/b22-14-. The van der Waals surface area contributed by atoms with Gasteiger partial charge in [0.2, 0.25) is 5.91 Å². The van der Waals surface area contributed by atoms with Gasteiger partial charge < -0.3 is 4.74 Å². The molecule has 2 aromatic carbocycles. The van der Waals surface area contributed by atoms with Gasteiger partial charge in [0, 0.05) is 13.8 Å². The number of esters is 1. The Labute approximate surface area is 162 Å². The van der Waals surface area contributed by atoms with Crippen molar-refractivity contribution in [2.75, 3.05) is 5.01 Å². The molecule has 3 aromatic rings. The van der Waals surface area contributed by atoms with Gasteiger partial charge in [-0.2, -0.15) is 10.2 Å². The van der Waals surface area contributed by atoms with Crippen molar-refractivity contribution < 1.29 is 14.3 Å². The number of hydrazone groups is 1. The van der Waals surface area contributed by atoms with Crippen LogP contribution in [0.25, 0.3) is 5.69 Å². The predicted octanol–water partition coefficient (Wildman–Crippen LogP) is 3.32. The van der Waals surface area contributed by atoms with Crippen LogP contribution in [-0.4, -0.2) is 27.9 Å². The van der Waals surface area contributed by atoms with E-state index in [-0.39, 0.29) is 18.5 Å². The fraction of sp³-hybridized carbons (Fsp3) is 0.143. The highest BCUT2D eigenvalue weighted by atomic mass is 16.5. The summed E-state index contributed by atoms with van der Waals surface area (Å²) in [6, 6.07) is 20.4. The molecular formula is C21H20N4O3. The molecule has 0 radical (unpaired) electrons. The molecule has 0 aliphatic heterocycles. The van der Waals surface area contributed by atoms with Crippen molar-refractivity contribution in [3.8, 4) is 5.69 Å². The van der Waals surface area contributed by atoms with Gasteiger partial charge in [0.1, 0.15) is 12.3 Å². The molecule has 0 bridgehead atoms. The van der Waals surface area contributed by atoms with Crippen molar-refractivity contribution in [2.45, 2.75) is 20.5 Å². The van der Waals surface area contributed by atoms with Crippen LogP contribution in [0.1, 0.15) is 25.2 Å². The predicted molar refractivity (Wildman–Crippen MR) is 106 cm³/mol. The minimum atomic E-state index is -0.372. The quantitative estimate of drug-likeness (QED) is 0.376. The van der Waals surface area contributed by atoms with Crippen LogP contribution in [-0.2, 0) is 20.9 Å². The van der Waals surface area contributed by atoms with E-state index < -0.39 is 0 Å². The van der Waals surface area contributed by atoms with Crippen LogP contribution in [0.2, 0.25) is 0 Å². The normalized spacial score (nSPS) is 10.8. The number of carbonyl (C=O) groups is 2. The summed E-state index contributed by atoms with van der Waals surface area (Å²) in [4.78, 5) is 23.2. The maximum Gasteiger partial charge on any atom is 0.303 e. The Morgan fingerprint density at radius 3 is 2.32 bits per heavy atom. The van der Waals surface area contributed by atoms with Crippen molar-refractivity contribution >= 4 is 23.8 Å². The molecule has 0 unspecified atom stereocenters. The third-order valence-electron chi connectivity index (χ3n) is 3.83. The number of benzene rings is 2. The Hall–Kier alpha value is -3.74. The number of para-hydroxylation sites is 2. The zero-order chi connectivity index (χ0) is 19.9. The molecule has 1 amide bonds. The fourth-order valence-electron chi connectivity index (χ4n) is 2.59. The van der Waals surface area contributed by atoms with Crippen LogP contribution >= 0.6 is 0 Å². The molecule has 28 heavy (non-hydrogen) atoms. The molecule has 0 atom stereocenters.